The van der Waals surface area contributed by atoms with E-state index in [9.17, 15) is 4.79 Å². The number of halogens is 1. The summed E-state index contributed by atoms with van der Waals surface area (Å²) in [5, 5.41) is 1.86. The number of nitrogens with zero attached hydrogens (tertiary/aromatic N) is 1. The van der Waals surface area contributed by atoms with Gasteiger partial charge in [0.1, 0.15) is 5.69 Å². The quantitative estimate of drug-likeness (QED) is 0.663. The third-order valence-corrected chi connectivity index (χ3v) is 3.63. The van der Waals surface area contributed by atoms with Crippen molar-refractivity contribution in [3.05, 3.63) is 76.5 Å². The lowest BCUT2D eigenvalue weighted by Crippen LogP contribution is -2.04. The van der Waals surface area contributed by atoms with Gasteiger partial charge in [0, 0.05) is 21.6 Å². The molecule has 0 unspecified atom stereocenters. The highest BCUT2D eigenvalue weighted by Crippen LogP contribution is 2.26. The van der Waals surface area contributed by atoms with Gasteiger partial charge in [0.15, 0.2) is 0 Å². The molecule has 1 aromatic heterocycles. The van der Waals surface area contributed by atoms with E-state index >= 15 is 0 Å². The van der Waals surface area contributed by atoms with Crippen molar-refractivity contribution in [3.63, 3.8) is 0 Å². The molecular weight excluding hydrogens is 302 g/mol. The van der Waals surface area contributed by atoms with Crippen molar-refractivity contribution >= 4 is 32.5 Å². The normalized spacial score (nSPS) is 10.6. The highest BCUT2D eigenvalue weighted by atomic mass is 79.9. The zero-order chi connectivity index (χ0) is 13.2. The number of hydrogen-bond acceptors (Lipinski definition) is 2. The Morgan fingerprint density at radius 2 is 1.53 bits per heavy atom. The summed E-state index contributed by atoms with van der Waals surface area (Å²) < 4.78 is 0.896. The first-order chi connectivity index (χ1) is 9.27. The number of hydrogen-bond donors (Lipinski definition) is 0. The fourth-order valence-corrected chi connectivity index (χ4v) is 2.51. The maximum atomic E-state index is 12.5. The number of pyridine rings is 1. The highest BCUT2D eigenvalue weighted by Gasteiger charge is 2.14. The summed E-state index contributed by atoms with van der Waals surface area (Å²) in [6.45, 7) is 0. The second-order valence-corrected chi connectivity index (χ2v) is 5.05. The first kappa shape index (κ1) is 12.1. The largest absolute Gasteiger partial charge is 0.287 e. The number of carbonyl (C=O) groups excluding carboxylic acids is 1. The lowest BCUT2D eigenvalue weighted by Gasteiger charge is -2.06. The summed E-state index contributed by atoms with van der Waals surface area (Å²) in [5.41, 5.74) is 1.15. The van der Waals surface area contributed by atoms with E-state index in [-0.39, 0.29) is 5.78 Å². The number of benzene rings is 2. The summed E-state index contributed by atoms with van der Waals surface area (Å²) in [6.07, 6.45) is 1.68. The molecule has 1 heterocycles. The predicted molar refractivity (Wildman–Crippen MR) is 79.3 cm³/mol. The van der Waals surface area contributed by atoms with Crippen molar-refractivity contribution in [3.8, 4) is 0 Å². The van der Waals surface area contributed by atoms with Crippen LogP contribution in [-0.4, -0.2) is 10.8 Å². The number of rotatable bonds is 2. The molecule has 0 spiro atoms. The molecule has 0 N–H and O–H groups in total. The zero-order valence-corrected chi connectivity index (χ0v) is 11.6. The van der Waals surface area contributed by atoms with Gasteiger partial charge in [-0.05, 0) is 21.3 Å². The molecule has 2 aromatic carbocycles. The van der Waals surface area contributed by atoms with E-state index in [1.165, 1.54) is 0 Å². The Kier molecular flexibility index (Phi) is 3.13. The molecule has 0 fully saturated rings. The minimum atomic E-state index is -0.0516. The molecule has 0 atom stereocenters. The number of carbonyl (C=O) groups is 1. The third kappa shape index (κ3) is 2.17. The van der Waals surface area contributed by atoms with Gasteiger partial charge in [0.05, 0.1) is 0 Å². The molecule has 3 aromatic rings. The summed E-state index contributed by atoms with van der Waals surface area (Å²) in [5.74, 6) is -0.0516. The Morgan fingerprint density at radius 1 is 0.895 bits per heavy atom. The van der Waals surface area contributed by atoms with E-state index in [2.05, 4.69) is 20.9 Å². The Balaban J connectivity index is 2.22. The molecule has 2 nitrogen and oxygen atoms in total. The Bertz CT molecular complexity index is 753. The minimum absolute atomic E-state index is 0.0516. The Labute approximate surface area is 119 Å². The summed E-state index contributed by atoms with van der Waals surface area (Å²) in [4.78, 5) is 16.8. The van der Waals surface area contributed by atoms with Crippen LogP contribution in [0.15, 0.2) is 65.3 Å². The van der Waals surface area contributed by atoms with Crippen LogP contribution < -0.4 is 0 Å². The number of ketones is 1. The van der Waals surface area contributed by atoms with Crippen molar-refractivity contribution in [2.45, 2.75) is 0 Å². The molecule has 0 bridgehead atoms. The zero-order valence-electron chi connectivity index (χ0n) is 10.0. The van der Waals surface area contributed by atoms with Gasteiger partial charge in [0.25, 0.3) is 0 Å². The molecule has 0 aliphatic heterocycles. The topological polar surface area (TPSA) is 30.0 Å². The van der Waals surface area contributed by atoms with Crippen LogP contribution in [0, 0.1) is 0 Å². The minimum Gasteiger partial charge on any atom is -0.287 e. The van der Waals surface area contributed by atoms with Gasteiger partial charge < -0.3 is 0 Å². The van der Waals surface area contributed by atoms with Crippen LogP contribution in [-0.2, 0) is 0 Å². The van der Waals surface area contributed by atoms with Crippen molar-refractivity contribution < 1.29 is 4.79 Å². The fraction of sp³-hybridized carbons (Fsp3) is 0. The van der Waals surface area contributed by atoms with Crippen LogP contribution >= 0.6 is 15.9 Å². The SMILES string of the molecule is O=C(c1ccccc1)c1ncc(Br)c2ccccc12. The molecule has 0 aliphatic rings. The molecule has 92 valence electrons. The van der Waals surface area contributed by atoms with Gasteiger partial charge in [-0.3, -0.25) is 9.78 Å². The maximum absolute atomic E-state index is 12.5. The molecule has 0 saturated heterocycles. The maximum Gasteiger partial charge on any atom is 0.211 e. The van der Waals surface area contributed by atoms with Crippen molar-refractivity contribution in [2.75, 3.05) is 0 Å². The molecule has 0 aliphatic carbocycles. The standard InChI is InChI=1S/C16H10BrNO/c17-14-10-18-15(13-9-5-4-8-12(13)14)16(19)11-6-2-1-3-7-11/h1-10H. The first-order valence-electron chi connectivity index (χ1n) is 5.90. The van der Waals surface area contributed by atoms with Crippen molar-refractivity contribution in [1.82, 2.24) is 4.98 Å². The van der Waals surface area contributed by atoms with Gasteiger partial charge >= 0.3 is 0 Å². The van der Waals surface area contributed by atoms with Gasteiger partial charge in [-0.15, -0.1) is 0 Å². The molecule has 3 heteroatoms. The van der Waals surface area contributed by atoms with Crippen LogP contribution in [0.1, 0.15) is 16.1 Å². The van der Waals surface area contributed by atoms with Gasteiger partial charge in [-0.25, -0.2) is 0 Å². The van der Waals surface area contributed by atoms with Crippen LogP contribution in [0.4, 0.5) is 0 Å². The Morgan fingerprint density at radius 3 is 2.26 bits per heavy atom. The van der Waals surface area contributed by atoms with E-state index in [0.29, 0.717) is 11.3 Å². The monoisotopic (exact) mass is 311 g/mol. The van der Waals surface area contributed by atoms with E-state index in [0.717, 1.165) is 15.2 Å². The van der Waals surface area contributed by atoms with Gasteiger partial charge in [-0.1, -0.05) is 54.6 Å². The van der Waals surface area contributed by atoms with Crippen LogP contribution in [0.25, 0.3) is 10.8 Å². The number of aromatic nitrogens is 1. The molecule has 0 saturated carbocycles. The second-order valence-electron chi connectivity index (χ2n) is 4.20. The summed E-state index contributed by atoms with van der Waals surface area (Å²) in [7, 11) is 0. The lowest BCUT2D eigenvalue weighted by molar-refractivity contribution is 0.103. The van der Waals surface area contributed by atoms with Gasteiger partial charge in [-0.2, -0.15) is 0 Å². The van der Waals surface area contributed by atoms with Gasteiger partial charge in [0.2, 0.25) is 5.78 Å². The molecule has 0 amide bonds. The average molecular weight is 312 g/mol. The van der Waals surface area contributed by atoms with E-state index in [1.54, 1.807) is 18.3 Å². The molecule has 19 heavy (non-hydrogen) atoms. The Hall–Kier alpha value is -2.00. The van der Waals surface area contributed by atoms with E-state index < -0.39 is 0 Å². The third-order valence-electron chi connectivity index (χ3n) is 3.00. The number of fused-ring (bicyclic) bond motifs is 1. The highest BCUT2D eigenvalue weighted by molar-refractivity contribution is 9.10. The first-order valence-corrected chi connectivity index (χ1v) is 6.69. The predicted octanol–water partition coefficient (Wildman–Crippen LogP) is 4.23. The van der Waals surface area contributed by atoms with Crippen LogP contribution in [0.2, 0.25) is 0 Å². The van der Waals surface area contributed by atoms with E-state index in [1.807, 2.05) is 42.5 Å². The van der Waals surface area contributed by atoms with Crippen molar-refractivity contribution in [1.29, 1.82) is 0 Å². The lowest BCUT2D eigenvalue weighted by atomic mass is 10.0. The van der Waals surface area contributed by atoms with E-state index in [4.69, 9.17) is 0 Å². The van der Waals surface area contributed by atoms with Crippen LogP contribution in [0.3, 0.4) is 0 Å². The molecular formula is C16H10BrNO. The fourth-order valence-electron chi connectivity index (χ4n) is 2.07. The summed E-state index contributed by atoms with van der Waals surface area (Å²) >= 11 is 3.46. The molecule has 0 radical (unpaired) electrons. The second kappa shape index (κ2) is 4.94. The summed E-state index contributed by atoms with van der Waals surface area (Å²) in [6, 6.07) is 17.0. The van der Waals surface area contributed by atoms with Crippen molar-refractivity contribution in [2.24, 2.45) is 0 Å². The smallest absolute Gasteiger partial charge is 0.211 e. The molecule has 3 rings (SSSR count). The average Bonchev–Trinajstić information content (AvgIpc) is 2.48. The van der Waals surface area contributed by atoms with Crippen LogP contribution in [0.5, 0.6) is 0 Å².